The Balaban J connectivity index is 0.00000341. The molecule has 0 heterocycles. The predicted molar refractivity (Wildman–Crippen MR) is 137 cm³/mol. The Hall–Kier alpha value is -1.67. The standard InChI is InChI=1S/C26H29AsO2S.ClH/c1-25(2,3)29-24(28)23(27)19-30-26(20-13-7-4-8-14-20,21-15-9-5-10-16-21)22-17-11-6-12-18-22;/h4-18,23H,19,27H2,1-3H3;1H. The van der Waals surface area contributed by atoms with Crippen LogP contribution in [0.25, 0.3) is 0 Å². The molecule has 164 valence electrons. The van der Waals surface area contributed by atoms with Gasteiger partial charge in [0.1, 0.15) is 0 Å². The average molecular weight is 517 g/mol. The van der Waals surface area contributed by atoms with Crippen molar-refractivity contribution in [1.82, 2.24) is 0 Å². The zero-order valence-electron chi connectivity index (χ0n) is 18.2. The first-order chi connectivity index (χ1) is 14.3. The van der Waals surface area contributed by atoms with Gasteiger partial charge < -0.3 is 0 Å². The Morgan fingerprint density at radius 3 is 1.48 bits per heavy atom. The SMILES string of the molecule is CC(C)(C)OC(=O)C([AsH2])CSC(c1ccccc1)(c1ccccc1)c1ccccc1.Cl. The van der Waals surface area contributed by atoms with Crippen LogP contribution in [0, 0.1) is 0 Å². The van der Waals surface area contributed by atoms with Crippen LogP contribution in [-0.2, 0) is 14.3 Å². The number of carbonyl (C=O) groups is 1. The van der Waals surface area contributed by atoms with Crippen LogP contribution >= 0.6 is 24.2 Å². The van der Waals surface area contributed by atoms with Gasteiger partial charge in [-0.1, -0.05) is 0 Å². The van der Waals surface area contributed by atoms with E-state index in [2.05, 4.69) is 72.8 Å². The summed E-state index contributed by atoms with van der Waals surface area (Å²) in [5, 5.41) is 0. The van der Waals surface area contributed by atoms with E-state index >= 15 is 0 Å². The first kappa shape index (κ1) is 25.6. The Labute approximate surface area is 205 Å². The number of benzene rings is 3. The second kappa shape index (κ2) is 11.3. The number of carbonyl (C=O) groups excluding carboxylic acids is 1. The average Bonchev–Trinajstić information content (AvgIpc) is 2.75. The maximum absolute atomic E-state index is 12.7. The smallest absolute Gasteiger partial charge is 0.147 e. The van der Waals surface area contributed by atoms with E-state index in [9.17, 15) is 4.79 Å². The first-order valence-corrected chi connectivity index (χ1v) is 12.5. The van der Waals surface area contributed by atoms with E-state index in [1.165, 1.54) is 33.5 Å². The Morgan fingerprint density at radius 2 is 1.16 bits per heavy atom. The number of thioether (sulfide) groups is 1. The number of rotatable bonds is 7. The maximum Gasteiger partial charge on any atom is -0.147 e. The predicted octanol–water partition coefficient (Wildman–Crippen LogP) is 5.90. The van der Waals surface area contributed by atoms with Crippen molar-refractivity contribution in [2.45, 2.75) is 35.8 Å². The van der Waals surface area contributed by atoms with Crippen molar-refractivity contribution in [3.8, 4) is 0 Å². The number of halogens is 1. The largest absolute Gasteiger partial charge is 0.147 e. The van der Waals surface area contributed by atoms with E-state index in [0.717, 1.165) is 0 Å². The van der Waals surface area contributed by atoms with Gasteiger partial charge in [-0.15, -0.1) is 12.4 Å². The van der Waals surface area contributed by atoms with Crippen molar-refractivity contribution >= 4 is 47.0 Å². The summed E-state index contributed by atoms with van der Waals surface area (Å²) in [6.07, 6.45) is 0. The molecule has 0 aliphatic heterocycles. The van der Waals surface area contributed by atoms with Gasteiger partial charge in [0.25, 0.3) is 0 Å². The van der Waals surface area contributed by atoms with Crippen molar-refractivity contribution in [3.05, 3.63) is 108 Å². The summed E-state index contributed by atoms with van der Waals surface area (Å²) in [6, 6.07) is 31.7. The van der Waals surface area contributed by atoms with Gasteiger partial charge in [0, 0.05) is 0 Å². The molecule has 0 aliphatic rings. The Kier molecular flexibility index (Phi) is 9.30. The molecule has 0 aromatic heterocycles. The molecule has 5 heteroatoms. The van der Waals surface area contributed by atoms with E-state index in [4.69, 9.17) is 4.74 Å². The van der Waals surface area contributed by atoms with E-state index in [1.54, 1.807) is 11.8 Å². The molecule has 0 saturated heterocycles. The van der Waals surface area contributed by atoms with Crippen molar-refractivity contribution in [1.29, 1.82) is 0 Å². The summed E-state index contributed by atoms with van der Waals surface area (Å²) in [6.45, 7) is 5.75. The van der Waals surface area contributed by atoms with Crippen molar-refractivity contribution in [2.75, 3.05) is 5.75 Å². The van der Waals surface area contributed by atoms with Gasteiger partial charge in [-0.2, -0.15) is 0 Å². The van der Waals surface area contributed by atoms with Crippen LogP contribution in [0.2, 0.25) is 4.71 Å². The molecule has 0 fully saturated rings. The number of hydrogen-bond acceptors (Lipinski definition) is 3. The molecule has 0 aliphatic carbocycles. The van der Waals surface area contributed by atoms with E-state index < -0.39 is 10.3 Å². The molecule has 3 aromatic carbocycles. The zero-order chi connectivity index (χ0) is 21.6. The summed E-state index contributed by atoms with van der Waals surface area (Å²) in [4.78, 5) is 12.7. The zero-order valence-corrected chi connectivity index (χ0v) is 22.2. The number of hydrogen-bond donors (Lipinski definition) is 0. The summed E-state index contributed by atoms with van der Waals surface area (Å²) in [7, 11) is 0. The second-order valence-corrected chi connectivity index (χ2v) is 11.2. The number of esters is 1. The fourth-order valence-electron chi connectivity index (χ4n) is 3.43. The van der Waals surface area contributed by atoms with Gasteiger partial charge in [0.05, 0.1) is 0 Å². The van der Waals surface area contributed by atoms with Crippen LogP contribution in [0.3, 0.4) is 0 Å². The third-order valence-corrected chi connectivity index (χ3v) is 8.18. The van der Waals surface area contributed by atoms with E-state index in [-0.39, 0.29) is 23.1 Å². The normalized spacial score (nSPS) is 12.5. The summed E-state index contributed by atoms with van der Waals surface area (Å²) in [5.41, 5.74) is 3.14. The van der Waals surface area contributed by atoms with Crippen LogP contribution in [0.15, 0.2) is 91.0 Å². The van der Waals surface area contributed by atoms with Gasteiger partial charge >= 0.3 is 193 Å². The van der Waals surface area contributed by atoms with Gasteiger partial charge in [0.2, 0.25) is 0 Å². The molecule has 3 aromatic rings. The molecule has 0 spiro atoms. The fourth-order valence-corrected chi connectivity index (χ4v) is 5.65. The molecule has 0 amide bonds. The van der Waals surface area contributed by atoms with Gasteiger partial charge in [-0.25, -0.2) is 0 Å². The van der Waals surface area contributed by atoms with Crippen molar-refractivity contribution in [3.63, 3.8) is 0 Å². The van der Waals surface area contributed by atoms with Crippen LogP contribution < -0.4 is 0 Å². The van der Waals surface area contributed by atoms with Crippen LogP contribution in [0.4, 0.5) is 0 Å². The third kappa shape index (κ3) is 6.41. The minimum atomic E-state index is -0.471. The molecule has 3 rings (SSSR count). The Bertz CT molecular complexity index is 847. The van der Waals surface area contributed by atoms with Crippen LogP contribution in [0.1, 0.15) is 37.5 Å². The maximum atomic E-state index is 12.7. The minimum Gasteiger partial charge on any atom is -0.147 e. The summed E-state index contributed by atoms with van der Waals surface area (Å²) in [5.74, 6) is 0.547. The molecule has 2 atom stereocenters. The summed E-state index contributed by atoms with van der Waals surface area (Å²) >= 11 is 3.22. The van der Waals surface area contributed by atoms with Gasteiger partial charge in [-0.3, -0.25) is 0 Å². The Morgan fingerprint density at radius 1 is 0.806 bits per heavy atom. The summed E-state index contributed by atoms with van der Waals surface area (Å²) < 4.78 is 5.08. The van der Waals surface area contributed by atoms with E-state index in [0.29, 0.717) is 5.75 Å². The topological polar surface area (TPSA) is 26.3 Å². The van der Waals surface area contributed by atoms with Crippen LogP contribution in [0.5, 0.6) is 0 Å². The molecular weight excluding hydrogens is 487 g/mol. The first-order valence-electron chi connectivity index (χ1n) is 10.1. The quantitative estimate of drug-likeness (QED) is 0.222. The van der Waals surface area contributed by atoms with Crippen molar-refractivity contribution < 1.29 is 9.53 Å². The van der Waals surface area contributed by atoms with Crippen molar-refractivity contribution in [2.24, 2.45) is 0 Å². The molecule has 0 radical (unpaired) electrons. The fraction of sp³-hybridized carbons (Fsp3) is 0.269. The molecule has 2 unspecified atom stereocenters. The van der Waals surface area contributed by atoms with E-state index in [1.807, 2.05) is 39.0 Å². The second-order valence-electron chi connectivity index (χ2n) is 8.23. The third-order valence-electron chi connectivity index (χ3n) is 4.73. The minimum absolute atomic E-state index is 0. The van der Waals surface area contributed by atoms with Gasteiger partial charge in [0.15, 0.2) is 0 Å². The molecular formula is C26H30AsClO2S. The molecule has 2 nitrogen and oxygen atoms in total. The number of ether oxygens (including phenoxy) is 1. The van der Waals surface area contributed by atoms with Crippen LogP contribution in [-0.4, -0.2) is 34.2 Å². The monoisotopic (exact) mass is 516 g/mol. The molecule has 0 bridgehead atoms. The molecule has 31 heavy (non-hydrogen) atoms. The van der Waals surface area contributed by atoms with Gasteiger partial charge in [-0.05, 0) is 0 Å². The molecule has 0 saturated carbocycles. The molecule has 0 N–H and O–H groups in total.